The van der Waals surface area contributed by atoms with E-state index < -0.39 is 17.6 Å². The Bertz CT molecular complexity index is 787. The van der Waals surface area contributed by atoms with Gasteiger partial charge < -0.3 is 5.11 Å². The first kappa shape index (κ1) is 12.5. The van der Waals surface area contributed by atoms with Crippen LogP contribution in [0.1, 0.15) is 18.9 Å². The number of nitrogens with one attached hydrogen (secondary N) is 1. The average molecular weight is 275 g/mol. The molecule has 1 unspecified atom stereocenters. The van der Waals surface area contributed by atoms with Gasteiger partial charge in [0.1, 0.15) is 17.3 Å². The van der Waals surface area contributed by atoms with Gasteiger partial charge in [-0.3, -0.25) is 24.0 Å². The first-order valence-electron chi connectivity index (χ1n) is 6.23. The molecule has 0 bridgehead atoms. The standard InChI is InChI=1S/C13H13N3O4/c1-15-11-7(3-2-4-9(11)17)16(13(15)20)8-5-6-10(18)14-12(8)19/h2-4,8,17H,5-6H2,1H3,(H,14,18,19). The number of nitrogens with zero attached hydrogens (tertiary/aromatic N) is 2. The van der Waals surface area contributed by atoms with E-state index in [4.69, 9.17) is 0 Å². The third-order valence-electron chi connectivity index (χ3n) is 3.60. The predicted molar refractivity (Wildman–Crippen MR) is 70.3 cm³/mol. The minimum atomic E-state index is -0.731. The fourth-order valence-electron chi connectivity index (χ4n) is 2.65. The molecule has 2 aromatic rings. The number of phenols is 1. The van der Waals surface area contributed by atoms with E-state index in [1.54, 1.807) is 12.1 Å². The molecule has 0 saturated carbocycles. The number of phenolic OH excluding ortho intramolecular Hbond substituents is 1. The van der Waals surface area contributed by atoms with Gasteiger partial charge in [0.25, 0.3) is 0 Å². The van der Waals surface area contributed by atoms with Gasteiger partial charge >= 0.3 is 5.69 Å². The second kappa shape index (κ2) is 4.22. The SMILES string of the molecule is Cn1c(=O)n(C2CCC(=O)NC2=O)c2cccc(O)c21. The first-order chi connectivity index (χ1) is 9.50. The van der Waals surface area contributed by atoms with Crippen molar-refractivity contribution in [2.75, 3.05) is 0 Å². The van der Waals surface area contributed by atoms with Gasteiger partial charge in [-0.05, 0) is 18.6 Å². The fourth-order valence-corrected chi connectivity index (χ4v) is 2.65. The van der Waals surface area contributed by atoms with Crippen LogP contribution in [0.3, 0.4) is 0 Å². The van der Waals surface area contributed by atoms with E-state index in [0.29, 0.717) is 11.0 Å². The second-order valence-corrected chi connectivity index (χ2v) is 4.82. The summed E-state index contributed by atoms with van der Waals surface area (Å²) in [6.07, 6.45) is 0.470. The van der Waals surface area contributed by atoms with Crippen LogP contribution in [0.5, 0.6) is 5.75 Å². The number of piperidine rings is 1. The number of para-hydroxylation sites is 1. The van der Waals surface area contributed by atoms with Gasteiger partial charge in [-0.2, -0.15) is 0 Å². The first-order valence-corrected chi connectivity index (χ1v) is 6.23. The molecule has 1 saturated heterocycles. The predicted octanol–water partition coefficient (Wildman–Crippen LogP) is 0.0233. The number of carbonyl (C=O) groups is 2. The monoisotopic (exact) mass is 275 g/mol. The van der Waals surface area contributed by atoms with Gasteiger partial charge in [-0.1, -0.05) is 6.07 Å². The van der Waals surface area contributed by atoms with Crippen LogP contribution in [-0.2, 0) is 16.6 Å². The Morgan fingerprint density at radius 2 is 2.05 bits per heavy atom. The molecular formula is C13H13N3O4. The highest BCUT2D eigenvalue weighted by Crippen LogP contribution is 2.27. The van der Waals surface area contributed by atoms with Crippen molar-refractivity contribution in [3.63, 3.8) is 0 Å². The van der Waals surface area contributed by atoms with Crippen LogP contribution >= 0.6 is 0 Å². The molecule has 0 radical (unpaired) electrons. The van der Waals surface area contributed by atoms with E-state index in [-0.39, 0.29) is 24.5 Å². The minimum absolute atomic E-state index is 0.0202. The summed E-state index contributed by atoms with van der Waals surface area (Å²) in [5.41, 5.74) is 0.463. The van der Waals surface area contributed by atoms with Gasteiger partial charge in [0, 0.05) is 13.5 Å². The van der Waals surface area contributed by atoms with Crippen molar-refractivity contribution in [3.8, 4) is 5.75 Å². The zero-order valence-electron chi connectivity index (χ0n) is 10.8. The van der Waals surface area contributed by atoms with Crippen LogP contribution < -0.4 is 11.0 Å². The van der Waals surface area contributed by atoms with Crippen LogP contribution in [0.25, 0.3) is 11.0 Å². The topological polar surface area (TPSA) is 93.3 Å². The van der Waals surface area contributed by atoms with Gasteiger partial charge in [0.05, 0.1) is 5.52 Å². The lowest BCUT2D eigenvalue weighted by molar-refractivity contribution is -0.135. The molecule has 1 aromatic heterocycles. The van der Waals surface area contributed by atoms with E-state index in [1.165, 1.54) is 22.2 Å². The van der Waals surface area contributed by atoms with E-state index in [0.717, 1.165) is 0 Å². The van der Waals surface area contributed by atoms with E-state index in [2.05, 4.69) is 5.32 Å². The van der Waals surface area contributed by atoms with Crippen molar-refractivity contribution in [2.24, 2.45) is 7.05 Å². The molecule has 2 amide bonds. The summed E-state index contributed by atoms with van der Waals surface area (Å²) in [5, 5.41) is 12.1. The number of carbonyl (C=O) groups excluding carboxylic acids is 2. The Morgan fingerprint density at radius 3 is 2.75 bits per heavy atom. The van der Waals surface area contributed by atoms with Crippen molar-refractivity contribution in [1.29, 1.82) is 0 Å². The minimum Gasteiger partial charge on any atom is -0.506 e. The lowest BCUT2D eigenvalue weighted by Gasteiger charge is -2.21. The number of imide groups is 1. The Morgan fingerprint density at radius 1 is 1.30 bits per heavy atom. The van der Waals surface area contributed by atoms with Crippen LogP contribution in [-0.4, -0.2) is 26.1 Å². The molecule has 0 spiro atoms. The molecular weight excluding hydrogens is 262 g/mol. The highest BCUT2D eigenvalue weighted by atomic mass is 16.3. The molecule has 1 aliphatic heterocycles. The number of amides is 2. The second-order valence-electron chi connectivity index (χ2n) is 4.82. The highest BCUT2D eigenvalue weighted by Gasteiger charge is 2.31. The van der Waals surface area contributed by atoms with Crippen LogP contribution in [0, 0.1) is 0 Å². The third kappa shape index (κ3) is 1.63. The van der Waals surface area contributed by atoms with Gasteiger partial charge in [-0.25, -0.2) is 4.79 Å². The van der Waals surface area contributed by atoms with Gasteiger partial charge in [0.15, 0.2) is 0 Å². The number of imidazole rings is 1. The quantitative estimate of drug-likeness (QED) is 0.718. The van der Waals surface area contributed by atoms with Gasteiger partial charge in [0.2, 0.25) is 11.8 Å². The molecule has 1 aromatic carbocycles. The molecule has 2 N–H and O–H groups in total. The highest BCUT2D eigenvalue weighted by molar-refractivity contribution is 6.00. The lowest BCUT2D eigenvalue weighted by atomic mass is 10.1. The average Bonchev–Trinajstić information content (AvgIpc) is 2.64. The molecule has 3 rings (SSSR count). The number of hydrogen-bond acceptors (Lipinski definition) is 4. The number of hydrogen-bond donors (Lipinski definition) is 2. The lowest BCUT2D eigenvalue weighted by Crippen LogP contribution is -2.44. The Hall–Kier alpha value is -2.57. The Labute approximate surface area is 113 Å². The van der Waals surface area contributed by atoms with Crippen molar-refractivity contribution in [2.45, 2.75) is 18.9 Å². The number of fused-ring (bicyclic) bond motifs is 1. The summed E-state index contributed by atoms with van der Waals surface area (Å²) < 4.78 is 2.63. The van der Waals surface area contributed by atoms with Crippen molar-refractivity contribution >= 4 is 22.8 Å². The number of aromatic nitrogens is 2. The van der Waals surface area contributed by atoms with Crippen LogP contribution in [0.15, 0.2) is 23.0 Å². The molecule has 7 heteroatoms. The molecule has 1 atom stereocenters. The summed E-state index contributed by atoms with van der Waals surface area (Å²) in [7, 11) is 1.53. The maximum absolute atomic E-state index is 12.3. The molecule has 2 heterocycles. The fraction of sp³-hybridized carbons (Fsp3) is 0.308. The zero-order valence-corrected chi connectivity index (χ0v) is 10.8. The number of benzene rings is 1. The van der Waals surface area contributed by atoms with Crippen LogP contribution in [0.4, 0.5) is 0 Å². The Kier molecular flexibility index (Phi) is 2.63. The molecule has 1 aliphatic rings. The van der Waals surface area contributed by atoms with Crippen molar-refractivity contribution in [1.82, 2.24) is 14.5 Å². The Balaban J connectivity index is 2.25. The zero-order chi connectivity index (χ0) is 14.4. The third-order valence-corrected chi connectivity index (χ3v) is 3.60. The number of aromatic hydroxyl groups is 1. The van der Waals surface area contributed by atoms with E-state index in [9.17, 15) is 19.5 Å². The summed E-state index contributed by atoms with van der Waals surface area (Å²) in [6.45, 7) is 0. The molecule has 0 aliphatic carbocycles. The smallest absolute Gasteiger partial charge is 0.329 e. The largest absolute Gasteiger partial charge is 0.506 e. The number of aryl methyl sites for hydroxylation is 1. The van der Waals surface area contributed by atoms with Crippen LogP contribution in [0.2, 0.25) is 0 Å². The van der Waals surface area contributed by atoms with Crippen molar-refractivity contribution < 1.29 is 14.7 Å². The van der Waals surface area contributed by atoms with E-state index in [1.807, 2.05) is 0 Å². The summed E-state index contributed by atoms with van der Waals surface area (Å²) in [5.74, 6) is -0.838. The van der Waals surface area contributed by atoms with Crippen molar-refractivity contribution in [3.05, 3.63) is 28.7 Å². The molecule has 104 valence electrons. The summed E-state index contributed by atoms with van der Waals surface area (Å²) >= 11 is 0. The summed E-state index contributed by atoms with van der Waals surface area (Å²) in [4.78, 5) is 35.4. The number of rotatable bonds is 1. The maximum atomic E-state index is 12.3. The maximum Gasteiger partial charge on any atom is 0.329 e. The normalized spacial score (nSPS) is 19.4. The molecule has 20 heavy (non-hydrogen) atoms. The van der Waals surface area contributed by atoms with Gasteiger partial charge in [-0.15, -0.1) is 0 Å². The van der Waals surface area contributed by atoms with E-state index >= 15 is 0 Å². The molecule has 1 fully saturated rings. The summed E-state index contributed by atoms with van der Waals surface area (Å²) in [6, 6.07) is 4.03. The molecule has 7 nitrogen and oxygen atoms in total.